The van der Waals surface area contributed by atoms with Crippen LogP contribution in [0.25, 0.3) is 0 Å². The topological polar surface area (TPSA) is 104 Å². The monoisotopic (exact) mass is 448 g/mol. The number of thioether (sulfide) groups is 1. The minimum Gasteiger partial charge on any atom is -0.326 e. The maximum Gasteiger partial charge on any atom is 0.257 e. The average molecular weight is 449 g/mol. The van der Waals surface area contributed by atoms with Gasteiger partial charge in [-0.1, -0.05) is 60.6 Å². The smallest absolute Gasteiger partial charge is 0.257 e. The summed E-state index contributed by atoms with van der Waals surface area (Å²) in [4.78, 5) is 45.2. The van der Waals surface area contributed by atoms with Crippen LogP contribution in [0.4, 0.5) is 11.5 Å². The number of benzene rings is 2. The number of aromatic amines is 1. The molecule has 164 valence electrons. The van der Waals surface area contributed by atoms with E-state index in [0.29, 0.717) is 16.6 Å². The molecule has 1 aliphatic rings. The number of carbonyl (C=O) groups excluding carboxylic acids is 2. The van der Waals surface area contributed by atoms with Gasteiger partial charge < -0.3 is 15.6 Å². The molecule has 2 heterocycles. The van der Waals surface area contributed by atoms with Crippen molar-refractivity contribution in [3.63, 3.8) is 0 Å². The number of H-pyrrole nitrogens is 1. The second-order valence-electron chi connectivity index (χ2n) is 7.75. The minimum absolute atomic E-state index is 0.105. The van der Waals surface area contributed by atoms with Crippen LogP contribution in [0.2, 0.25) is 0 Å². The SMILES string of the molecule is CCc1ccc(NC(=O)[C@H]2CC(=O)Nc3nc(SCc4ccc(C)cc4)[nH]c(=O)c32)cc1. The first kappa shape index (κ1) is 21.8. The molecule has 8 heteroatoms. The number of hydrogen-bond donors (Lipinski definition) is 3. The van der Waals surface area contributed by atoms with Crippen LogP contribution in [0.3, 0.4) is 0 Å². The standard InChI is InChI=1S/C24H24N4O3S/c1-3-15-8-10-17(11-9-15)25-22(30)18-12-19(29)26-21-20(18)23(31)28-24(27-21)32-13-16-6-4-14(2)5-7-16/h4-11,18H,3,12-13H2,1-2H3,(H,25,30)(H2,26,27,28,29,31)/t18-/m0/s1. The second kappa shape index (κ2) is 9.40. The van der Waals surface area contributed by atoms with E-state index in [1.165, 1.54) is 17.3 Å². The fourth-order valence-electron chi connectivity index (χ4n) is 3.53. The summed E-state index contributed by atoms with van der Waals surface area (Å²) in [5.74, 6) is -0.882. The molecule has 0 unspecified atom stereocenters. The van der Waals surface area contributed by atoms with Crippen molar-refractivity contribution in [2.75, 3.05) is 10.6 Å². The van der Waals surface area contributed by atoms with Gasteiger partial charge >= 0.3 is 0 Å². The van der Waals surface area contributed by atoms with E-state index in [2.05, 4.69) is 27.5 Å². The third-order valence-corrected chi connectivity index (χ3v) is 6.32. The minimum atomic E-state index is -0.906. The van der Waals surface area contributed by atoms with Crippen molar-refractivity contribution < 1.29 is 9.59 Å². The highest BCUT2D eigenvalue weighted by Crippen LogP contribution is 2.31. The van der Waals surface area contributed by atoms with Gasteiger partial charge in [0.15, 0.2) is 5.16 Å². The predicted molar refractivity (Wildman–Crippen MR) is 126 cm³/mol. The maximum absolute atomic E-state index is 12.9. The summed E-state index contributed by atoms with van der Waals surface area (Å²) in [6.07, 6.45) is 0.794. The lowest BCUT2D eigenvalue weighted by atomic mass is 9.92. The third-order valence-electron chi connectivity index (χ3n) is 5.37. The lowest BCUT2D eigenvalue weighted by molar-refractivity contribution is -0.123. The summed E-state index contributed by atoms with van der Waals surface area (Å²) in [5.41, 5.74) is 3.81. The van der Waals surface area contributed by atoms with E-state index in [-0.39, 0.29) is 23.7 Å². The number of aromatic nitrogens is 2. The van der Waals surface area contributed by atoms with E-state index in [0.717, 1.165) is 17.5 Å². The molecule has 2 amide bonds. The molecule has 0 aliphatic carbocycles. The predicted octanol–water partition coefficient (Wildman–Crippen LogP) is 4.00. The van der Waals surface area contributed by atoms with E-state index < -0.39 is 17.4 Å². The normalized spacial score (nSPS) is 15.1. The van der Waals surface area contributed by atoms with Crippen LogP contribution in [0.1, 0.15) is 41.5 Å². The number of rotatable bonds is 6. The van der Waals surface area contributed by atoms with E-state index in [1.807, 2.05) is 55.5 Å². The molecule has 1 aliphatic heterocycles. The molecule has 0 saturated carbocycles. The summed E-state index contributed by atoms with van der Waals surface area (Å²) >= 11 is 1.36. The second-order valence-corrected chi connectivity index (χ2v) is 8.72. The highest BCUT2D eigenvalue weighted by molar-refractivity contribution is 7.98. The van der Waals surface area contributed by atoms with Gasteiger partial charge in [0.1, 0.15) is 5.82 Å². The molecule has 0 fully saturated rings. The number of carbonyl (C=O) groups is 2. The highest BCUT2D eigenvalue weighted by atomic mass is 32.2. The molecular formula is C24H24N4O3S. The molecular weight excluding hydrogens is 424 g/mol. The number of amides is 2. The van der Waals surface area contributed by atoms with Crippen LogP contribution in [0.15, 0.2) is 58.5 Å². The quantitative estimate of drug-likeness (QED) is 0.391. The summed E-state index contributed by atoms with van der Waals surface area (Å²) in [5, 5.41) is 5.85. The Hall–Kier alpha value is -3.39. The zero-order valence-corrected chi connectivity index (χ0v) is 18.7. The Morgan fingerprint density at radius 3 is 2.47 bits per heavy atom. The lowest BCUT2D eigenvalue weighted by Crippen LogP contribution is -2.36. The molecule has 4 rings (SSSR count). The van der Waals surface area contributed by atoms with Crippen molar-refractivity contribution in [1.29, 1.82) is 0 Å². The zero-order valence-electron chi connectivity index (χ0n) is 17.9. The number of fused-ring (bicyclic) bond motifs is 1. The first-order chi connectivity index (χ1) is 15.4. The van der Waals surface area contributed by atoms with Crippen LogP contribution >= 0.6 is 11.8 Å². The Bertz CT molecular complexity index is 1200. The van der Waals surface area contributed by atoms with Gasteiger partial charge in [-0.25, -0.2) is 4.98 Å². The van der Waals surface area contributed by atoms with E-state index in [9.17, 15) is 14.4 Å². The van der Waals surface area contributed by atoms with Gasteiger partial charge in [-0.2, -0.15) is 0 Å². The van der Waals surface area contributed by atoms with Crippen molar-refractivity contribution in [1.82, 2.24) is 9.97 Å². The molecule has 0 saturated heterocycles. The molecule has 0 radical (unpaired) electrons. The van der Waals surface area contributed by atoms with Crippen LogP contribution in [-0.4, -0.2) is 21.8 Å². The summed E-state index contributed by atoms with van der Waals surface area (Å²) in [6.45, 7) is 4.08. The van der Waals surface area contributed by atoms with Gasteiger partial charge in [0, 0.05) is 17.9 Å². The van der Waals surface area contributed by atoms with Gasteiger partial charge in [-0.15, -0.1) is 0 Å². The molecule has 32 heavy (non-hydrogen) atoms. The fourth-order valence-corrected chi connectivity index (χ4v) is 4.35. The maximum atomic E-state index is 12.9. The molecule has 0 spiro atoms. The van der Waals surface area contributed by atoms with Crippen molar-refractivity contribution in [2.45, 2.75) is 43.5 Å². The summed E-state index contributed by atoms with van der Waals surface area (Å²) in [6, 6.07) is 15.6. The van der Waals surface area contributed by atoms with Crippen LogP contribution < -0.4 is 16.2 Å². The van der Waals surface area contributed by atoms with Crippen molar-refractivity contribution in [3.05, 3.63) is 81.1 Å². The largest absolute Gasteiger partial charge is 0.326 e. The number of nitrogens with one attached hydrogen (secondary N) is 3. The Morgan fingerprint density at radius 1 is 1.09 bits per heavy atom. The summed E-state index contributed by atoms with van der Waals surface area (Å²) < 4.78 is 0. The molecule has 2 aromatic carbocycles. The average Bonchev–Trinajstić information content (AvgIpc) is 2.78. The van der Waals surface area contributed by atoms with Crippen LogP contribution in [-0.2, 0) is 21.8 Å². The van der Waals surface area contributed by atoms with Gasteiger partial charge in [0.25, 0.3) is 5.56 Å². The van der Waals surface area contributed by atoms with Crippen molar-refractivity contribution in [2.24, 2.45) is 0 Å². The number of nitrogens with zero attached hydrogens (tertiary/aromatic N) is 1. The molecule has 1 atom stereocenters. The Labute approximate surface area is 190 Å². The Morgan fingerprint density at radius 2 is 1.78 bits per heavy atom. The summed E-state index contributed by atoms with van der Waals surface area (Å²) in [7, 11) is 0. The van der Waals surface area contributed by atoms with E-state index in [1.54, 1.807) is 0 Å². The van der Waals surface area contributed by atoms with Crippen molar-refractivity contribution >= 4 is 35.1 Å². The number of hydrogen-bond acceptors (Lipinski definition) is 5. The number of anilines is 2. The Balaban J connectivity index is 1.54. The fraction of sp³-hybridized carbons (Fsp3) is 0.250. The molecule has 3 aromatic rings. The van der Waals surface area contributed by atoms with E-state index >= 15 is 0 Å². The van der Waals surface area contributed by atoms with Crippen LogP contribution in [0.5, 0.6) is 0 Å². The van der Waals surface area contributed by atoms with Gasteiger partial charge in [0.2, 0.25) is 11.8 Å². The molecule has 0 bridgehead atoms. The third kappa shape index (κ3) is 4.91. The first-order valence-corrected chi connectivity index (χ1v) is 11.4. The van der Waals surface area contributed by atoms with Crippen LogP contribution in [0, 0.1) is 6.92 Å². The van der Waals surface area contributed by atoms with Gasteiger partial charge in [-0.05, 0) is 36.6 Å². The first-order valence-electron chi connectivity index (χ1n) is 10.4. The van der Waals surface area contributed by atoms with Gasteiger partial charge in [0.05, 0.1) is 11.5 Å². The lowest BCUT2D eigenvalue weighted by Gasteiger charge is -2.23. The highest BCUT2D eigenvalue weighted by Gasteiger charge is 2.34. The number of aryl methyl sites for hydroxylation is 2. The zero-order chi connectivity index (χ0) is 22.7. The van der Waals surface area contributed by atoms with Crippen molar-refractivity contribution in [3.8, 4) is 0 Å². The Kier molecular flexibility index (Phi) is 6.41. The molecule has 7 nitrogen and oxygen atoms in total. The molecule has 1 aromatic heterocycles. The molecule has 3 N–H and O–H groups in total. The van der Waals surface area contributed by atoms with E-state index in [4.69, 9.17) is 0 Å². The van der Waals surface area contributed by atoms with Gasteiger partial charge in [-0.3, -0.25) is 14.4 Å².